The predicted octanol–water partition coefficient (Wildman–Crippen LogP) is 4.40. The van der Waals surface area contributed by atoms with E-state index in [0.29, 0.717) is 10.6 Å². The lowest BCUT2D eigenvalue weighted by Crippen LogP contribution is -2.39. The summed E-state index contributed by atoms with van der Waals surface area (Å²) in [5.41, 5.74) is 3.74. The molecule has 1 aromatic carbocycles. The highest BCUT2D eigenvalue weighted by atomic mass is 32.1. The maximum absolute atomic E-state index is 12.8. The predicted molar refractivity (Wildman–Crippen MR) is 118 cm³/mol. The third-order valence-corrected chi connectivity index (χ3v) is 6.56. The van der Waals surface area contributed by atoms with E-state index < -0.39 is 0 Å². The van der Waals surface area contributed by atoms with Gasteiger partial charge in [0.2, 0.25) is 6.54 Å². The zero-order valence-electron chi connectivity index (χ0n) is 17.0. The Hall–Kier alpha value is -2.99. The molecule has 30 heavy (non-hydrogen) atoms. The van der Waals surface area contributed by atoms with Crippen molar-refractivity contribution in [1.29, 1.82) is 0 Å². The zero-order valence-corrected chi connectivity index (χ0v) is 17.8. The van der Waals surface area contributed by atoms with Crippen molar-refractivity contribution in [3.63, 3.8) is 0 Å². The zero-order chi connectivity index (χ0) is 20.9. The van der Waals surface area contributed by atoms with Gasteiger partial charge in [-0.05, 0) is 42.9 Å². The Bertz CT molecular complexity index is 1060. The van der Waals surface area contributed by atoms with Crippen LogP contribution in [0.15, 0.2) is 54.9 Å². The van der Waals surface area contributed by atoms with Gasteiger partial charge in [0.25, 0.3) is 5.91 Å². The Kier molecular flexibility index (Phi) is 6.23. The molecule has 0 spiro atoms. The minimum Gasteiger partial charge on any atom is -0.465 e. The van der Waals surface area contributed by atoms with E-state index in [1.54, 1.807) is 0 Å². The standard InChI is InChI=1S/C24H24N2O3S/c1-29-24(28)22-19-12-6-3-7-13-20(19)30-23(22)25-21(27)16-26-14-8-11-18(15-26)17-9-4-2-5-10-17/h2,4-5,8-11,14-15H,3,6-7,12-13,16H2,1H3/p+1. The monoisotopic (exact) mass is 421 g/mol. The van der Waals surface area contributed by atoms with Gasteiger partial charge in [0.1, 0.15) is 5.00 Å². The fourth-order valence-electron chi connectivity index (χ4n) is 3.90. The summed E-state index contributed by atoms with van der Waals surface area (Å²) < 4.78 is 6.87. The van der Waals surface area contributed by atoms with Crippen LogP contribution in [0.1, 0.15) is 40.1 Å². The van der Waals surface area contributed by atoms with Crippen LogP contribution in [0.5, 0.6) is 0 Å². The smallest absolute Gasteiger partial charge is 0.341 e. The minimum absolute atomic E-state index is 0.160. The van der Waals surface area contributed by atoms with Crippen LogP contribution in [0.4, 0.5) is 5.00 Å². The molecule has 2 aromatic heterocycles. The van der Waals surface area contributed by atoms with Gasteiger partial charge in [-0.2, -0.15) is 4.57 Å². The first-order valence-electron chi connectivity index (χ1n) is 10.2. The van der Waals surface area contributed by atoms with Gasteiger partial charge in [-0.25, -0.2) is 4.79 Å². The lowest BCUT2D eigenvalue weighted by atomic mass is 10.1. The first kappa shape index (κ1) is 20.3. The van der Waals surface area contributed by atoms with Crippen molar-refractivity contribution in [2.75, 3.05) is 12.4 Å². The normalized spacial score (nSPS) is 13.2. The van der Waals surface area contributed by atoms with Crippen molar-refractivity contribution >= 4 is 28.2 Å². The third-order valence-electron chi connectivity index (χ3n) is 5.36. The number of hydrogen-bond acceptors (Lipinski definition) is 4. The van der Waals surface area contributed by atoms with Crippen LogP contribution in [0, 0.1) is 0 Å². The molecule has 154 valence electrons. The summed E-state index contributed by atoms with van der Waals surface area (Å²) in [6.07, 6.45) is 8.98. The molecule has 5 nitrogen and oxygen atoms in total. The van der Waals surface area contributed by atoms with Gasteiger partial charge in [0.15, 0.2) is 12.4 Å². The molecule has 1 aliphatic rings. The number of carbonyl (C=O) groups is 2. The Morgan fingerprint density at radius 2 is 1.80 bits per heavy atom. The number of anilines is 1. The lowest BCUT2D eigenvalue weighted by molar-refractivity contribution is -0.683. The molecular weight excluding hydrogens is 396 g/mol. The van der Waals surface area contributed by atoms with E-state index in [-0.39, 0.29) is 18.4 Å². The summed E-state index contributed by atoms with van der Waals surface area (Å²) in [6.45, 7) is 0.170. The van der Waals surface area contributed by atoms with Gasteiger partial charge in [-0.1, -0.05) is 36.8 Å². The highest BCUT2D eigenvalue weighted by molar-refractivity contribution is 7.17. The summed E-state index contributed by atoms with van der Waals surface area (Å²) in [4.78, 5) is 26.4. The number of methoxy groups -OCH3 is 1. The first-order chi connectivity index (χ1) is 14.7. The Labute approximate surface area is 180 Å². The van der Waals surface area contributed by atoms with E-state index in [2.05, 4.69) is 5.32 Å². The number of thiophene rings is 1. The van der Waals surface area contributed by atoms with Crippen LogP contribution in [0.3, 0.4) is 0 Å². The molecule has 0 fully saturated rings. The second kappa shape index (κ2) is 9.22. The Morgan fingerprint density at radius 3 is 2.60 bits per heavy atom. The topological polar surface area (TPSA) is 59.3 Å². The van der Waals surface area contributed by atoms with Gasteiger partial charge in [0.05, 0.1) is 12.7 Å². The molecule has 0 unspecified atom stereocenters. The number of fused-ring (bicyclic) bond motifs is 1. The highest BCUT2D eigenvalue weighted by Crippen LogP contribution is 2.37. The van der Waals surface area contributed by atoms with Crippen molar-refractivity contribution in [3.8, 4) is 11.1 Å². The third kappa shape index (κ3) is 4.44. The SMILES string of the molecule is COC(=O)c1c(NC(=O)C[n+]2cccc(-c3ccccc3)c2)sc2c1CCCCC2. The van der Waals surface area contributed by atoms with Crippen molar-refractivity contribution in [2.24, 2.45) is 0 Å². The average molecular weight is 422 g/mol. The van der Waals surface area contributed by atoms with Gasteiger partial charge < -0.3 is 10.1 Å². The number of ether oxygens (including phenoxy) is 1. The van der Waals surface area contributed by atoms with Crippen LogP contribution in [-0.4, -0.2) is 19.0 Å². The van der Waals surface area contributed by atoms with E-state index in [1.165, 1.54) is 23.3 Å². The second-order valence-electron chi connectivity index (χ2n) is 7.44. The fraction of sp³-hybridized carbons (Fsp3) is 0.292. The van der Waals surface area contributed by atoms with Crippen molar-refractivity contribution in [2.45, 2.75) is 38.6 Å². The largest absolute Gasteiger partial charge is 0.465 e. The van der Waals surface area contributed by atoms with Crippen LogP contribution in [-0.2, 0) is 28.9 Å². The van der Waals surface area contributed by atoms with Gasteiger partial charge in [-0.3, -0.25) is 4.79 Å². The van der Waals surface area contributed by atoms with Crippen molar-refractivity contribution in [1.82, 2.24) is 0 Å². The molecule has 4 rings (SSSR count). The van der Waals surface area contributed by atoms with Crippen molar-refractivity contribution in [3.05, 3.63) is 70.9 Å². The van der Waals surface area contributed by atoms with Gasteiger partial charge in [-0.15, -0.1) is 11.3 Å². The van der Waals surface area contributed by atoms with Gasteiger partial charge in [0, 0.05) is 16.5 Å². The summed E-state index contributed by atoms with van der Waals surface area (Å²) in [5, 5.41) is 3.58. The molecule has 0 radical (unpaired) electrons. The molecule has 3 aromatic rings. The molecule has 6 heteroatoms. The average Bonchev–Trinajstić information content (AvgIpc) is 2.94. The van der Waals surface area contributed by atoms with Gasteiger partial charge >= 0.3 is 5.97 Å². The molecule has 1 N–H and O–H groups in total. The summed E-state index contributed by atoms with van der Waals surface area (Å²) >= 11 is 1.52. The number of amides is 1. The molecule has 2 heterocycles. The van der Waals surface area contributed by atoms with E-state index in [0.717, 1.165) is 48.8 Å². The molecule has 0 bridgehead atoms. The van der Waals surface area contributed by atoms with Crippen LogP contribution >= 0.6 is 11.3 Å². The van der Waals surface area contributed by atoms with E-state index >= 15 is 0 Å². The number of carbonyl (C=O) groups excluding carboxylic acids is 2. The van der Waals surface area contributed by atoms with E-state index in [9.17, 15) is 9.59 Å². The number of nitrogens with zero attached hydrogens (tertiary/aromatic N) is 1. The molecular formula is C24H25N2O3S+. The number of hydrogen-bond donors (Lipinski definition) is 1. The molecule has 0 saturated carbocycles. The Morgan fingerprint density at radius 1 is 1.03 bits per heavy atom. The maximum Gasteiger partial charge on any atom is 0.341 e. The van der Waals surface area contributed by atoms with Crippen LogP contribution < -0.4 is 9.88 Å². The molecule has 1 aliphatic carbocycles. The number of esters is 1. The number of pyridine rings is 1. The highest BCUT2D eigenvalue weighted by Gasteiger charge is 2.26. The first-order valence-corrected chi connectivity index (χ1v) is 11.0. The molecule has 0 aliphatic heterocycles. The van der Waals surface area contributed by atoms with E-state index in [4.69, 9.17) is 4.74 Å². The number of aromatic nitrogens is 1. The number of benzene rings is 1. The maximum atomic E-state index is 12.8. The summed E-state index contributed by atoms with van der Waals surface area (Å²) in [5.74, 6) is -0.532. The van der Waals surface area contributed by atoms with Crippen molar-refractivity contribution < 1.29 is 18.9 Å². The quantitative estimate of drug-likeness (QED) is 0.377. The van der Waals surface area contributed by atoms with Crippen LogP contribution in [0.25, 0.3) is 11.1 Å². The number of aryl methyl sites for hydroxylation is 1. The van der Waals surface area contributed by atoms with Crippen LogP contribution in [0.2, 0.25) is 0 Å². The molecule has 1 amide bonds. The number of nitrogens with one attached hydrogen (secondary N) is 1. The number of rotatable bonds is 5. The molecule has 0 saturated heterocycles. The fourth-order valence-corrected chi connectivity index (χ4v) is 5.20. The van der Waals surface area contributed by atoms with E-state index in [1.807, 2.05) is 59.4 Å². The molecule has 0 atom stereocenters. The lowest BCUT2D eigenvalue weighted by Gasteiger charge is -2.07. The minimum atomic E-state index is -0.372. The Balaban J connectivity index is 1.54. The second-order valence-corrected chi connectivity index (χ2v) is 8.54. The summed E-state index contributed by atoms with van der Waals surface area (Å²) in [7, 11) is 1.39. The summed E-state index contributed by atoms with van der Waals surface area (Å²) in [6, 6.07) is 14.0.